The van der Waals surface area contributed by atoms with Crippen LogP contribution >= 0.6 is 0 Å². The van der Waals surface area contributed by atoms with Crippen LogP contribution in [0.15, 0.2) is 0 Å². The molecule has 2 fully saturated rings. The highest BCUT2D eigenvalue weighted by atomic mass is 16.1. The summed E-state index contributed by atoms with van der Waals surface area (Å²) >= 11 is 0. The molecule has 2 aliphatic rings. The summed E-state index contributed by atoms with van der Waals surface area (Å²) in [5.41, 5.74) is 5.33. The zero-order valence-corrected chi connectivity index (χ0v) is 8.72. The van der Waals surface area contributed by atoms with E-state index in [1.54, 1.807) is 0 Å². The zero-order valence-electron chi connectivity index (χ0n) is 8.72. The van der Waals surface area contributed by atoms with Gasteiger partial charge in [-0.3, -0.25) is 4.79 Å². The van der Waals surface area contributed by atoms with Crippen LogP contribution < -0.4 is 11.1 Å². The zero-order chi connectivity index (χ0) is 10.0. The first kappa shape index (κ1) is 9.97. The maximum Gasteiger partial charge on any atom is 0.224 e. The maximum atomic E-state index is 11.5. The fourth-order valence-corrected chi connectivity index (χ4v) is 2.70. The lowest BCUT2D eigenvalue weighted by Crippen LogP contribution is -2.50. The summed E-state index contributed by atoms with van der Waals surface area (Å²) < 4.78 is 0. The average Bonchev–Trinajstić information content (AvgIpc) is 2.13. The smallest absolute Gasteiger partial charge is 0.224 e. The molecule has 0 radical (unpaired) electrons. The number of hydrogen-bond acceptors (Lipinski definition) is 2. The van der Waals surface area contributed by atoms with Crippen LogP contribution in [0.5, 0.6) is 0 Å². The van der Waals surface area contributed by atoms with Crippen LogP contribution in [0.1, 0.15) is 38.5 Å². The van der Waals surface area contributed by atoms with E-state index in [1.807, 2.05) is 0 Å². The number of carbonyl (C=O) groups excluding carboxylic acids is 1. The number of nitrogens with one attached hydrogen (secondary N) is 1. The molecule has 1 saturated heterocycles. The van der Waals surface area contributed by atoms with Crippen molar-refractivity contribution < 1.29 is 4.79 Å². The molecule has 1 saturated carbocycles. The number of rotatable bonds is 3. The Hall–Kier alpha value is -0.570. The topological polar surface area (TPSA) is 55.1 Å². The standard InChI is InChI=1S/C11H20N2O/c12-10(14)11(5-2-6-13-8-11)7-9-3-1-4-9/h9,13H,1-8H2,(H2,12,14). The number of piperidine rings is 1. The third-order valence-corrected chi connectivity index (χ3v) is 3.90. The molecule has 80 valence electrons. The fraction of sp³-hybridized carbons (Fsp3) is 0.909. The van der Waals surface area contributed by atoms with E-state index >= 15 is 0 Å². The van der Waals surface area contributed by atoms with Crippen molar-refractivity contribution in [3.63, 3.8) is 0 Å². The largest absolute Gasteiger partial charge is 0.369 e. The minimum Gasteiger partial charge on any atom is -0.369 e. The van der Waals surface area contributed by atoms with Gasteiger partial charge >= 0.3 is 0 Å². The predicted molar refractivity (Wildman–Crippen MR) is 55.7 cm³/mol. The number of primary amides is 1. The van der Waals surface area contributed by atoms with Gasteiger partial charge in [0.25, 0.3) is 0 Å². The molecule has 1 unspecified atom stereocenters. The van der Waals surface area contributed by atoms with E-state index in [-0.39, 0.29) is 11.3 Å². The Morgan fingerprint density at radius 3 is 2.64 bits per heavy atom. The van der Waals surface area contributed by atoms with Gasteiger partial charge in [-0.05, 0) is 31.7 Å². The van der Waals surface area contributed by atoms with Gasteiger partial charge in [-0.2, -0.15) is 0 Å². The molecule has 1 heterocycles. The van der Waals surface area contributed by atoms with Crippen molar-refractivity contribution in [3.05, 3.63) is 0 Å². The number of hydrogen-bond donors (Lipinski definition) is 2. The van der Waals surface area contributed by atoms with Crippen molar-refractivity contribution in [1.82, 2.24) is 5.32 Å². The SMILES string of the molecule is NC(=O)C1(CC2CCC2)CCCNC1. The summed E-state index contributed by atoms with van der Waals surface area (Å²) in [5, 5.41) is 3.31. The first-order chi connectivity index (χ1) is 6.73. The van der Waals surface area contributed by atoms with Crippen molar-refractivity contribution in [2.24, 2.45) is 17.1 Å². The second-order valence-corrected chi connectivity index (χ2v) is 4.93. The van der Waals surface area contributed by atoms with Gasteiger partial charge in [0, 0.05) is 6.54 Å². The monoisotopic (exact) mass is 196 g/mol. The van der Waals surface area contributed by atoms with E-state index in [2.05, 4.69) is 5.32 Å². The molecule has 1 aliphatic carbocycles. The van der Waals surface area contributed by atoms with E-state index in [4.69, 9.17) is 5.73 Å². The highest BCUT2D eigenvalue weighted by molar-refractivity contribution is 5.81. The lowest BCUT2D eigenvalue weighted by molar-refractivity contribution is -0.130. The highest BCUT2D eigenvalue weighted by Crippen LogP contribution is 2.40. The molecule has 1 amide bonds. The maximum absolute atomic E-state index is 11.5. The van der Waals surface area contributed by atoms with Crippen LogP contribution in [0.3, 0.4) is 0 Å². The predicted octanol–water partition coefficient (Wildman–Crippen LogP) is 1.03. The molecule has 0 aromatic heterocycles. The van der Waals surface area contributed by atoms with Crippen LogP contribution in [-0.2, 0) is 4.79 Å². The summed E-state index contributed by atoms with van der Waals surface area (Å²) in [5.74, 6) is 0.680. The average molecular weight is 196 g/mol. The molecule has 0 bridgehead atoms. The van der Waals surface area contributed by atoms with Crippen LogP contribution in [0.4, 0.5) is 0 Å². The number of carbonyl (C=O) groups is 1. The van der Waals surface area contributed by atoms with Crippen molar-refractivity contribution >= 4 is 5.91 Å². The summed E-state index contributed by atoms with van der Waals surface area (Å²) in [6.45, 7) is 1.85. The lowest BCUT2D eigenvalue weighted by Gasteiger charge is -2.40. The second kappa shape index (κ2) is 3.89. The Kier molecular flexibility index (Phi) is 2.77. The molecule has 14 heavy (non-hydrogen) atoms. The molecular weight excluding hydrogens is 176 g/mol. The van der Waals surface area contributed by atoms with E-state index < -0.39 is 0 Å². The van der Waals surface area contributed by atoms with Crippen molar-refractivity contribution in [3.8, 4) is 0 Å². The Labute approximate surface area is 85.4 Å². The molecule has 0 aromatic rings. The molecule has 3 N–H and O–H groups in total. The van der Waals surface area contributed by atoms with Gasteiger partial charge in [-0.1, -0.05) is 19.3 Å². The Morgan fingerprint density at radius 2 is 2.21 bits per heavy atom. The Morgan fingerprint density at radius 1 is 1.43 bits per heavy atom. The summed E-state index contributed by atoms with van der Waals surface area (Å²) in [6, 6.07) is 0. The normalized spacial score (nSPS) is 33.7. The Balaban J connectivity index is 2.00. The van der Waals surface area contributed by atoms with E-state index in [9.17, 15) is 4.79 Å². The van der Waals surface area contributed by atoms with Crippen LogP contribution in [0.2, 0.25) is 0 Å². The van der Waals surface area contributed by atoms with Gasteiger partial charge in [0.15, 0.2) is 0 Å². The van der Waals surface area contributed by atoms with Gasteiger partial charge in [-0.15, -0.1) is 0 Å². The second-order valence-electron chi connectivity index (χ2n) is 4.93. The van der Waals surface area contributed by atoms with Gasteiger partial charge in [0.1, 0.15) is 0 Å². The minimum absolute atomic E-state index is 0.0865. The van der Waals surface area contributed by atoms with Gasteiger partial charge < -0.3 is 11.1 Å². The molecule has 0 aromatic carbocycles. The van der Waals surface area contributed by atoms with Crippen LogP contribution in [0, 0.1) is 11.3 Å². The minimum atomic E-state index is -0.219. The summed E-state index contributed by atoms with van der Waals surface area (Å²) in [7, 11) is 0. The van der Waals surface area contributed by atoms with Gasteiger partial charge in [0.05, 0.1) is 5.41 Å². The van der Waals surface area contributed by atoms with E-state index in [0.717, 1.165) is 38.3 Å². The third kappa shape index (κ3) is 1.78. The van der Waals surface area contributed by atoms with Gasteiger partial charge in [-0.25, -0.2) is 0 Å². The fourth-order valence-electron chi connectivity index (χ4n) is 2.70. The first-order valence-electron chi connectivity index (χ1n) is 5.74. The Bertz CT molecular complexity index is 217. The summed E-state index contributed by atoms with van der Waals surface area (Å²) in [4.78, 5) is 11.5. The van der Waals surface area contributed by atoms with E-state index in [1.165, 1.54) is 19.3 Å². The van der Waals surface area contributed by atoms with E-state index in [0.29, 0.717) is 0 Å². The molecule has 3 nitrogen and oxygen atoms in total. The third-order valence-electron chi connectivity index (χ3n) is 3.90. The quantitative estimate of drug-likeness (QED) is 0.708. The van der Waals surface area contributed by atoms with Crippen molar-refractivity contribution in [1.29, 1.82) is 0 Å². The molecule has 1 aliphatic heterocycles. The molecular formula is C11H20N2O. The lowest BCUT2D eigenvalue weighted by atomic mass is 9.68. The number of amides is 1. The summed E-state index contributed by atoms with van der Waals surface area (Å²) in [6.07, 6.45) is 7.05. The van der Waals surface area contributed by atoms with Crippen LogP contribution in [0.25, 0.3) is 0 Å². The highest BCUT2D eigenvalue weighted by Gasteiger charge is 2.40. The molecule has 2 rings (SSSR count). The van der Waals surface area contributed by atoms with Crippen LogP contribution in [-0.4, -0.2) is 19.0 Å². The van der Waals surface area contributed by atoms with Gasteiger partial charge in [0.2, 0.25) is 5.91 Å². The molecule has 1 atom stereocenters. The number of nitrogens with two attached hydrogens (primary N) is 1. The molecule has 0 spiro atoms. The van der Waals surface area contributed by atoms with Crippen molar-refractivity contribution in [2.45, 2.75) is 38.5 Å². The van der Waals surface area contributed by atoms with Crippen molar-refractivity contribution in [2.75, 3.05) is 13.1 Å². The first-order valence-corrected chi connectivity index (χ1v) is 5.74. The molecule has 3 heteroatoms.